The van der Waals surface area contributed by atoms with Gasteiger partial charge in [-0.2, -0.15) is 4.31 Å². The van der Waals surface area contributed by atoms with E-state index in [0.717, 1.165) is 13.0 Å². The van der Waals surface area contributed by atoms with E-state index in [4.69, 9.17) is 0 Å². The van der Waals surface area contributed by atoms with Crippen molar-refractivity contribution in [2.75, 3.05) is 31.1 Å². The molecular formula is C11H20N2O4S2. The fourth-order valence-corrected chi connectivity index (χ4v) is 7.20. The molecule has 6 nitrogen and oxygen atoms in total. The van der Waals surface area contributed by atoms with Gasteiger partial charge in [0, 0.05) is 19.1 Å². The maximum absolute atomic E-state index is 12.5. The second-order valence-corrected chi connectivity index (χ2v) is 10.3. The first-order chi connectivity index (χ1) is 8.88. The van der Waals surface area contributed by atoms with E-state index >= 15 is 0 Å². The van der Waals surface area contributed by atoms with Crippen LogP contribution in [0, 0.1) is 5.92 Å². The van der Waals surface area contributed by atoms with Crippen molar-refractivity contribution in [1.29, 1.82) is 0 Å². The smallest absolute Gasteiger partial charge is 0.217 e. The average molecular weight is 308 g/mol. The lowest BCUT2D eigenvalue weighted by atomic mass is 10.1. The van der Waals surface area contributed by atoms with Gasteiger partial charge in [0.15, 0.2) is 0 Å². The van der Waals surface area contributed by atoms with Gasteiger partial charge in [-0.05, 0) is 31.7 Å². The molecule has 3 heterocycles. The van der Waals surface area contributed by atoms with E-state index in [0.29, 0.717) is 25.0 Å². The van der Waals surface area contributed by atoms with Gasteiger partial charge < -0.3 is 5.32 Å². The first-order valence-electron chi connectivity index (χ1n) is 6.81. The first kappa shape index (κ1) is 13.8. The lowest BCUT2D eigenvalue weighted by molar-refractivity contribution is 0.433. The lowest BCUT2D eigenvalue weighted by Crippen LogP contribution is -2.43. The van der Waals surface area contributed by atoms with E-state index in [1.54, 1.807) is 4.31 Å². The molecule has 0 radical (unpaired) electrons. The zero-order valence-corrected chi connectivity index (χ0v) is 12.4. The van der Waals surface area contributed by atoms with Crippen molar-refractivity contribution in [2.24, 2.45) is 5.92 Å². The highest BCUT2D eigenvalue weighted by Crippen LogP contribution is 2.30. The third-order valence-electron chi connectivity index (χ3n) is 4.61. The van der Waals surface area contributed by atoms with Crippen molar-refractivity contribution in [3.05, 3.63) is 0 Å². The summed E-state index contributed by atoms with van der Waals surface area (Å²) in [5.41, 5.74) is 0. The summed E-state index contributed by atoms with van der Waals surface area (Å²) in [6, 6.07) is 0.294. The third kappa shape index (κ3) is 2.55. The summed E-state index contributed by atoms with van der Waals surface area (Å²) < 4.78 is 49.4. The van der Waals surface area contributed by atoms with Crippen molar-refractivity contribution in [1.82, 2.24) is 9.62 Å². The third-order valence-corrected chi connectivity index (χ3v) is 8.66. The van der Waals surface area contributed by atoms with Crippen LogP contribution in [-0.4, -0.2) is 63.6 Å². The number of fused-ring (bicyclic) bond motifs is 1. The Bertz CT molecular complexity index is 531. The van der Waals surface area contributed by atoms with Crippen LogP contribution in [0.1, 0.15) is 19.3 Å². The fourth-order valence-electron chi connectivity index (χ4n) is 3.39. The van der Waals surface area contributed by atoms with E-state index in [-0.39, 0.29) is 24.3 Å². The summed E-state index contributed by atoms with van der Waals surface area (Å²) in [5.74, 6) is 0.452. The molecule has 110 valence electrons. The maximum Gasteiger partial charge on any atom is 0.217 e. The molecule has 0 saturated carbocycles. The van der Waals surface area contributed by atoms with Crippen LogP contribution < -0.4 is 5.32 Å². The summed E-state index contributed by atoms with van der Waals surface area (Å²) in [6.07, 6.45) is 1.55. The van der Waals surface area contributed by atoms with Gasteiger partial charge in [0.2, 0.25) is 10.0 Å². The Morgan fingerprint density at radius 3 is 2.37 bits per heavy atom. The molecule has 3 rings (SSSR count). The predicted octanol–water partition coefficient (Wildman–Crippen LogP) is -0.813. The van der Waals surface area contributed by atoms with E-state index < -0.39 is 25.1 Å². The highest BCUT2D eigenvalue weighted by Gasteiger charge is 2.44. The molecule has 0 bridgehead atoms. The highest BCUT2D eigenvalue weighted by atomic mass is 32.2. The van der Waals surface area contributed by atoms with Gasteiger partial charge >= 0.3 is 0 Å². The molecule has 0 amide bonds. The van der Waals surface area contributed by atoms with Gasteiger partial charge in [-0.3, -0.25) is 0 Å². The molecule has 3 aliphatic heterocycles. The summed E-state index contributed by atoms with van der Waals surface area (Å²) in [4.78, 5) is 0. The Kier molecular flexibility index (Phi) is 3.40. The van der Waals surface area contributed by atoms with Gasteiger partial charge in [0.05, 0.1) is 16.8 Å². The van der Waals surface area contributed by atoms with Crippen LogP contribution in [0.25, 0.3) is 0 Å². The number of sulfone groups is 1. The van der Waals surface area contributed by atoms with Crippen LogP contribution in [0.2, 0.25) is 0 Å². The van der Waals surface area contributed by atoms with Gasteiger partial charge in [-0.25, -0.2) is 16.8 Å². The second-order valence-electron chi connectivity index (χ2n) is 5.82. The van der Waals surface area contributed by atoms with Crippen molar-refractivity contribution >= 4 is 19.9 Å². The van der Waals surface area contributed by atoms with Crippen molar-refractivity contribution in [2.45, 2.75) is 30.6 Å². The SMILES string of the molecule is O=S1(=O)CCC(S(=O)(=O)N2C[C@@H]3CCN[C@@H]3C2)CC1. The van der Waals surface area contributed by atoms with Gasteiger partial charge in [0.25, 0.3) is 0 Å². The number of nitrogens with one attached hydrogen (secondary N) is 1. The van der Waals surface area contributed by atoms with Gasteiger partial charge in [0.1, 0.15) is 9.84 Å². The van der Waals surface area contributed by atoms with Gasteiger partial charge in [-0.15, -0.1) is 0 Å². The molecular weight excluding hydrogens is 288 g/mol. The molecule has 19 heavy (non-hydrogen) atoms. The van der Waals surface area contributed by atoms with Crippen LogP contribution in [-0.2, 0) is 19.9 Å². The quantitative estimate of drug-likeness (QED) is 0.721. The first-order valence-corrected chi connectivity index (χ1v) is 10.1. The van der Waals surface area contributed by atoms with Crippen LogP contribution in [0.3, 0.4) is 0 Å². The molecule has 0 aromatic rings. The van der Waals surface area contributed by atoms with Gasteiger partial charge in [-0.1, -0.05) is 0 Å². The van der Waals surface area contributed by atoms with Crippen LogP contribution >= 0.6 is 0 Å². The Morgan fingerprint density at radius 1 is 1.05 bits per heavy atom. The van der Waals surface area contributed by atoms with E-state index in [9.17, 15) is 16.8 Å². The monoisotopic (exact) mass is 308 g/mol. The second kappa shape index (κ2) is 4.68. The lowest BCUT2D eigenvalue weighted by Gasteiger charge is -2.27. The Hall–Kier alpha value is -0.180. The van der Waals surface area contributed by atoms with E-state index in [1.807, 2.05) is 0 Å². The molecule has 0 spiro atoms. The molecule has 0 unspecified atom stereocenters. The summed E-state index contributed by atoms with van der Waals surface area (Å²) in [6.45, 7) is 2.13. The number of hydrogen-bond donors (Lipinski definition) is 1. The maximum atomic E-state index is 12.5. The molecule has 0 aromatic heterocycles. The summed E-state index contributed by atoms with van der Waals surface area (Å²) in [5, 5.41) is 2.83. The zero-order valence-electron chi connectivity index (χ0n) is 10.8. The molecule has 3 saturated heterocycles. The Morgan fingerprint density at radius 2 is 1.74 bits per heavy atom. The van der Waals surface area contributed by atoms with Crippen molar-refractivity contribution in [3.63, 3.8) is 0 Å². The summed E-state index contributed by atoms with van der Waals surface area (Å²) >= 11 is 0. The molecule has 3 fully saturated rings. The number of sulfonamides is 1. The van der Waals surface area contributed by atoms with Crippen LogP contribution in [0.4, 0.5) is 0 Å². The van der Waals surface area contributed by atoms with Crippen molar-refractivity contribution in [3.8, 4) is 0 Å². The highest BCUT2D eigenvalue weighted by molar-refractivity contribution is 7.92. The van der Waals surface area contributed by atoms with Crippen LogP contribution in [0.5, 0.6) is 0 Å². The minimum Gasteiger partial charge on any atom is -0.312 e. The number of rotatable bonds is 2. The minimum absolute atomic E-state index is 0.00977. The van der Waals surface area contributed by atoms with Crippen molar-refractivity contribution < 1.29 is 16.8 Å². The Labute approximate surface area is 114 Å². The molecule has 8 heteroatoms. The average Bonchev–Trinajstić information content (AvgIpc) is 2.88. The number of nitrogens with zero attached hydrogens (tertiary/aromatic N) is 1. The van der Waals surface area contributed by atoms with E-state index in [2.05, 4.69) is 5.32 Å². The standard InChI is InChI=1S/C11H20N2O4S2/c14-18(15)5-2-10(3-6-18)19(16,17)13-7-9-1-4-12-11(9)8-13/h9-12H,1-8H2/t9-,11+/m0/s1. The molecule has 2 atom stereocenters. The Balaban J connectivity index is 1.70. The molecule has 0 aliphatic carbocycles. The summed E-state index contributed by atoms with van der Waals surface area (Å²) in [7, 11) is -6.33. The number of hydrogen-bond acceptors (Lipinski definition) is 5. The van der Waals surface area contributed by atoms with E-state index in [1.165, 1.54) is 0 Å². The normalized spacial score (nSPS) is 36.4. The topological polar surface area (TPSA) is 83.5 Å². The molecule has 0 aromatic carbocycles. The molecule has 1 N–H and O–H groups in total. The fraction of sp³-hybridized carbons (Fsp3) is 1.00. The minimum atomic E-state index is -3.33. The largest absolute Gasteiger partial charge is 0.312 e. The van der Waals surface area contributed by atoms with Crippen LogP contribution in [0.15, 0.2) is 0 Å². The molecule has 3 aliphatic rings. The predicted molar refractivity (Wildman–Crippen MR) is 72.1 cm³/mol. The zero-order chi connectivity index (χ0) is 13.7.